The number of nitrogens with zero attached hydrogens (tertiary/aromatic N) is 1. The number of cyclic esters (lactones) is 1. The van der Waals surface area contributed by atoms with Gasteiger partial charge in [0.2, 0.25) is 0 Å². The van der Waals surface area contributed by atoms with E-state index in [-0.39, 0.29) is 18.2 Å². The van der Waals surface area contributed by atoms with Crippen molar-refractivity contribution in [3.05, 3.63) is 48.6 Å². The van der Waals surface area contributed by atoms with Crippen molar-refractivity contribution in [2.45, 2.75) is 19.1 Å². The first kappa shape index (κ1) is 10.7. The quantitative estimate of drug-likeness (QED) is 0.728. The number of hydrogen-bond donors (Lipinski definition) is 0. The van der Waals surface area contributed by atoms with Gasteiger partial charge in [-0.15, -0.1) is 0 Å². The van der Waals surface area contributed by atoms with Crippen LogP contribution in [0.2, 0.25) is 0 Å². The molecule has 1 aliphatic heterocycles. The van der Waals surface area contributed by atoms with Gasteiger partial charge in [-0.2, -0.15) is 0 Å². The number of carbonyl (C=O) groups is 1. The first-order valence-electron chi connectivity index (χ1n) is 5.37. The fourth-order valence-electron chi connectivity index (χ4n) is 1.85. The molecule has 0 bridgehead atoms. The lowest BCUT2D eigenvalue weighted by atomic mass is 10.1. The zero-order valence-corrected chi connectivity index (χ0v) is 9.30. The van der Waals surface area contributed by atoms with Gasteiger partial charge in [-0.3, -0.25) is 4.90 Å². The Morgan fingerprint density at radius 2 is 2.19 bits per heavy atom. The van der Waals surface area contributed by atoms with Gasteiger partial charge in [-0.1, -0.05) is 36.9 Å². The van der Waals surface area contributed by atoms with E-state index in [4.69, 9.17) is 4.74 Å². The van der Waals surface area contributed by atoms with Crippen LogP contribution in [0.15, 0.2) is 43.0 Å². The van der Waals surface area contributed by atoms with Gasteiger partial charge in [-0.25, -0.2) is 4.79 Å². The van der Waals surface area contributed by atoms with Crippen molar-refractivity contribution in [2.24, 2.45) is 0 Å². The predicted octanol–water partition coefficient (Wildman–Crippen LogP) is 2.75. The van der Waals surface area contributed by atoms with Gasteiger partial charge in [0.05, 0.1) is 12.6 Å². The largest absolute Gasteiger partial charge is 0.440 e. The second-order valence-electron chi connectivity index (χ2n) is 3.90. The fourth-order valence-corrected chi connectivity index (χ4v) is 1.85. The Hall–Kier alpha value is -1.77. The van der Waals surface area contributed by atoms with Gasteiger partial charge in [0.15, 0.2) is 0 Å². The molecule has 1 aromatic carbocycles. The van der Waals surface area contributed by atoms with Crippen LogP contribution >= 0.6 is 0 Å². The maximum atomic E-state index is 11.6. The van der Waals surface area contributed by atoms with Crippen molar-refractivity contribution >= 4 is 6.09 Å². The molecule has 3 nitrogen and oxygen atoms in total. The lowest BCUT2D eigenvalue weighted by Crippen LogP contribution is -2.28. The second kappa shape index (κ2) is 4.39. The normalized spacial score (nSPS) is 21.7. The Labute approximate surface area is 95.3 Å². The van der Waals surface area contributed by atoms with Crippen LogP contribution in [0, 0.1) is 0 Å². The van der Waals surface area contributed by atoms with E-state index >= 15 is 0 Å². The molecule has 1 aliphatic rings. The number of carbonyl (C=O) groups excluding carboxylic acids is 1. The first-order valence-corrected chi connectivity index (χ1v) is 5.37. The third kappa shape index (κ3) is 1.94. The summed E-state index contributed by atoms with van der Waals surface area (Å²) >= 11 is 0. The summed E-state index contributed by atoms with van der Waals surface area (Å²) in [6, 6.07) is 9.97. The minimum absolute atomic E-state index is 0.0404. The molecular formula is C13H15NO2. The molecule has 1 saturated heterocycles. The van der Waals surface area contributed by atoms with E-state index in [2.05, 4.69) is 6.58 Å². The van der Waals surface area contributed by atoms with Crippen molar-refractivity contribution in [1.82, 2.24) is 4.90 Å². The topological polar surface area (TPSA) is 29.5 Å². The molecular weight excluding hydrogens is 202 g/mol. The molecule has 0 N–H and O–H groups in total. The molecule has 3 heteroatoms. The Kier molecular flexibility index (Phi) is 2.95. The standard InChI is InChI=1S/C13H15NO2/c1-3-12-9-14(13(15)16-12)10(2)11-7-5-4-6-8-11/h3-8,10,12H,1,9H2,2H3/t10-,12-/m1/s1. The van der Waals surface area contributed by atoms with E-state index < -0.39 is 0 Å². The average molecular weight is 217 g/mol. The van der Waals surface area contributed by atoms with Gasteiger partial charge >= 0.3 is 6.09 Å². The molecule has 0 radical (unpaired) electrons. The first-order chi connectivity index (χ1) is 7.72. The summed E-state index contributed by atoms with van der Waals surface area (Å²) in [6.45, 7) is 6.22. The lowest BCUT2D eigenvalue weighted by Gasteiger charge is -2.21. The molecule has 0 saturated carbocycles. The molecule has 0 aliphatic carbocycles. The number of ether oxygens (including phenoxy) is 1. The highest BCUT2D eigenvalue weighted by molar-refractivity contribution is 5.71. The Balaban J connectivity index is 2.14. The Bertz CT molecular complexity index is 388. The van der Waals surface area contributed by atoms with Crippen LogP contribution in [0.25, 0.3) is 0 Å². The van der Waals surface area contributed by atoms with Crippen LogP contribution in [0.5, 0.6) is 0 Å². The van der Waals surface area contributed by atoms with E-state index in [1.165, 1.54) is 0 Å². The summed E-state index contributed by atoms with van der Waals surface area (Å²) in [7, 11) is 0. The number of amides is 1. The highest BCUT2D eigenvalue weighted by atomic mass is 16.6. The van der Waals surface area contributed by atoms with Crippen LogP contribution in [0.4, 0.5) is 4.79 Å². The van der Waals surface area contributed by atoms with Gasteiger partial charge < -0.3 is 4.74 Å². The number of benzene rings is 1. The van der Waals surface area contributed by atoms with E-state index in [1.54, 1.807) is 11.0 Å². The zero-order valence-electron chi connectivity index (χ0n) is 9.30. The molecule has 84 valence electrons. The molecule has 1 amide bonds. The third-order valence-electron chi connectivity index (χ3n) is 2.88. The fraction of sp³-hybridized carbons (Fsp3) is 0.308. The summed E-state index contributed by atoms with van der Waals surface area (Å²) in [5, 5.41) is 0. The minimum atomic E-state index is -0.263. The smallest absolute Gasteiger partial charge is 0.411 e. The second-order valence-corrected chi connectivity index (χ2v) is 3.90. The van der Waals surface area contributed by atoms with Crippen LogP contribution in [-0.2, 0) is 4.74 Å². The molecule has 2 rings (SSSR count). The molecule has 2 atom stereocenters. The molecule has 16 heavy (non-hydrogen) atoms. The molecule has 0 spiro atoms. The summed E-state index contributed by atoms with van der Waals surface area (Å²) in [5.74, 6) is 0. The van der Waals surface area contributed by atoms with Crippen LogP contribution in [-0.4, -0.2) is 23.6 Å². The summed E-state index contributed by atoms with van der Waals surface area (Å²) in [4.78, 5) is 13.3. The lowest BCUT2D eigenvalue weighted by molar-refractivity contribution is 0.139. The highest BCUT2D eigenvalue weighted by Gasteiger charge is 2.33. The summed E-state index contributed by atoms with van der Waals surface area (Å²) in [5.41, 5.74) is 1.11. The number of rotatable bonds is 3. The molecule has 1 aromatic rings. The molecule has 0 aromatic heterocycles. The van der Waals surface area contributed by atoms with Gasteiger partial charge in [0.25, 0.3) is 0 Å². The van der Waals surface area contributed by atoms with E-state index in [0.29, 0.717) is 6.54 Å². The summed E-state index contributed by atoms with van der Waals surface area (Å²) < 4.78 is 5.13. The predicted molar refractivity (Wildman–Crippen MR) is 62.0 cm³/mol. The van der Waals surface area contributed by atoms with Crippen molar-refractivity contribution < 1.29 is 9.53 Å². The van der Waals surface area contributed by atoms with Crippen molar-refractivity contribution in [3.8, 4) is 0 Å². The highest BCUT2D eigenvalue weighted by Crippen LogP contribution is 2.25. The van der Waals surface area contributed by atoms with E-state index in [0.717, 1.165) is 5.56 Å². The molecule has 1 fully saturated rings. The minimum Gasteiger partial charge on any atom is -0.440 e. The molecule has 0 unspecified atom stereocenters. The average Bonchev–Trinajstić information content (AvgIpc) is 2.71. The van der Waals surface area contributed by atoms with Crippen LogP contribution < -0.4 is 0 Å². The van der Waals surface area contributed by atoms with Gasteiger partial charge in [0.1, 0.15) is 6.10 Å². The van der Waals surface area contributed by atoms with Gasteiger partial charge in [-0.05, 0) is 18.6 Å². The molecule has 1 heterocycles. The van der Waals surface area contributed by atoms with Crippen LogP contribution in [0.1, 0.15) is 18.5 Å². The number of hydrogen-bond acceptors (Lipinski definition) is 2. The van der Waals surface area contributed by atoms with Crippen LogP contribution in [0.3, 0.4) is 0 Å². The Morgan fingerprint density at radius 3 is 2.75 bits per heavy atom. The zero-order chi connectivity index (χ0) is 11.5. The third-order valence-corrected chi connectivity index (χ3v) is 2.88. The van der Waals surface area contributed by atoms with Crippen molar-refractivity contribution in [1.29, 1.82) is 0 Å². The Morgan fingerprint density at radius 1 is 1.50 bits per heavy atom. The maximum Gasteiger partial charge on any atom is 0.411 e. The van der Waals surface area contributed by atoms with E-state index in [9.17, 15) is 4.79 Å². The van der Waals surface area contributed by atoms with E-state index in [1.807, 2.05) is 37.3 Å². The van der Waals surface area contributed by atoms with Crippen molar-refractivity contribution in [3.63, 3.8) is 0 Å². The SMILES string of the molecule is C=C[C@@H]1CN([C@H](C)c2ccccc2)C(=O)O1. The van der Waals surface area contributed by atoms with Crippen molar-refractivity contribution in [2.75, 3.05) is 6.54 Å². The summed E-state index contributed by atoms with van der Waals surface area (Å²) in [6.07, 6.45) is 1.22. The van der Waals surface area contributed by atoms with Gasteiger partial charge in [0, 0.05) is 0 Å². The maximum absolute atomic E-state index is 11.6. The monoisotopic (exact) mass is 217 g/mol.